The third kappa shape index (κ3) is 24.1. The number of pyridine rings is 7. The molecular weight excluding hydrogens is 1570 g/mol. The third-order valence-corrected chi connectivity index (χ3v) is 19.7. The van der Waals surface area contributed by atoms with E-state index in [1.54, 1.807) is 129 Å². The predicted octanol–water partition coefficient (Wildman–Crippen LogP) is 21.1. The van der Waals surface area contributed by atoms with Crippen LogP contribution in [0.3, 0.4) is 0 Å². The minimum Gasteiger partial charge on any atom is -0.768 e. The summed E-state index contributed by atoms with van der Waals surface area (Å²) in [5, 5.41) is 14.9. The van der Waals surface area contributed by atoms with Crippen molar-refractivity contribution in [2.45, 2.75) is 9.79 Å². The van der Waals surface area contributed by atoms with E-state index in [-0.39, 0.29) is 0 Å². The molecule has 2 unspecified atom stereocenters. The van der Waals surface area contributed by atoms with Crippen LogP contribution in [0.2, 0.25) is 0 Å². The van der Waals surface area contributed by atoms with Crippen molar-refractivity contribution >= 4 is 181 Å². The van der Waals surface area contributed by atoms with Gasteiger partial charge in [0, 0.05) is 148 Å². The van der Waals surface area contributed by atoms with E-state index in [1.165, 1.54) is 5.39 Å². The molecule has 0 aliphatic carbocycles. The SMILES string of the molecule is O=Cc1ccc2ccccc2c1.O=Cc1ccc2ncccc2c1.O=Cc1cccc2ccccc12.O=Cc1cccc2cnccc12.O=Cc1cccc2ncccc12.O=Cc1ccnc2ccccc12.O=Cc1ccnc2ccccc12.O=Cc1cncc2ccccc12.O=S([O-])c1ccc2ccccc2c1.O=S([O-])c1ccc2ncccc2c1. The summed E-state index contributed by atoms with van der Waals surface area (Å²) in [6.07, 6.45) is 22.0. The Kier molecular flexibility index (Phi) is 32.5. The molecule has 19 nitrogen and oxygen atoms in total. The first kappa shape index (κ1) is 86.9. The lowest BCUT2D eigenvalue weighted by atomic mass is 10.1. The Labute approximate surface area is 704 Å². The molecule has 20 rings (SSSR count). The van der Waals surface area contributed by atoms with Crippen LogP contribution in [0.25, 0.3) is 108 Å². The molecule has 0 fully saturated rings. The van der Waals surface area contributed by atoms with Crippen LogP contribution in [0, 0.1) is 0 Å². The third-order valence-electron chi connectivity index (χ3n) is 18.4. The summed E-state index contributed by atoms with van der Waals surface area (Å²) >= 11 is -4.30. The Morgan fingerprint density at radius 2 is 0.525 bits per heavy atom. The molecule has 122 heavy (non-hydrogen) atoms. The van der Waals surface area contributed by atoms with E-state index in [2.05, 4.69) is 34.9 Å². The Hall–Kier alpha value is -15.9. The first-order chi connectivity index (χ1) is 59.8. The number of hydrogen-bond acceptors (Lipinski definition) is 19. The molecule has 7 aromatic heterocycles. The first-order valence-corrected chi connectivity index (χ1v) is 39.6. The van der Waals surface area contributed by atoms with Gasteiger partial charge in [0.2, 0.25) is 0 Å². The highest BCUT2D eigenvalue weighted by molar-refractivity contribution is 7.79. The van der Waals surface area contributed by atoms with Crippen LogP contribution >= 0.6 is 0 Å². The number of hydrogen-bond donors (Lipinski definition) is 0. The molecule has 596 valence electrons. The monoisotopic (exact) mass is 1640 g/mol. The second-order valence-electron chi connectivity index (χ2n) is 26.1. The minimum atomic E-state index is -2.16. The van der Waals surface area contributed by atoms with Crippen LogP contribution in [0.5, 0.6) is 0 Å². The van der Waals surface area contributed by atoms with Gasteiger partial charge in [0.15, 0.2) is 37.7 Å². The number of aromatic nitrogens is 7. The van der Waals surface area contributed by atoms with Crippen molar-refractivity contribution in [3.05, 3.63) is 428 Å². The van der Waals surface area contributed by atoms with E-state index in [1.807, 2.05) is 255 Å². The molecule has 0 aliphatic rings. The number of carbonyl (C=O) groups is 8. The second-order valence-corrected chi connectivity index (χ2v) is 27.9. The molecule has 2 atom stereocenters. The second kappa shape index (κ2) is 45.6. The van der Waals surface area contributed by atoms with Crippen LogP contribution in [-0.2, 0) is 22.2 Å². The van der Waals surface area contributed by atoms with E-state index < -0.39 is 22.2 Å². The summed E-state index contributed by atoms with van der Waals surface area (Å²) in [6, 6.07) is 101. The standard InChI is InChI=1S/2C11H8O.6C10H7NO.C10H8O2S.C9H7NO2S/c12-8-10-6-3-5-9-4-1-2-7-11(9)10;12-8-9-5-6-10-3-1-2-4-11(10)7-9;12-7-8-3-1-5-10-9(8)4-2-6-11-10;12-7-8-3-4-10-9(6-8)2-1-5-11-10;12-7-9-3-1-2-8-6-11-5-4-10(8)9;12-7-9-6-11-5-8-3-1-2-4-10(8)9;2*12-7-8-5-6-11-10-4-2-1-3-9(8)10;11-13(12)10-6-5-8-3-1-2-4-9(8)7-10;11-13(12)8-3-4-9-7(6-8)2-1-5-10-9/h2*1-8H;6*1-7H;1-7H,(H,11,12);1-6H,(H,11,12)/p-2. The van der Waals surface area contributed by atoms with Crippen LogP contribution in [0.15, 0.2) is 393 Å². The van der Waals surface area contributed by atoms with Crippen molar-refractivity contribution < 1.29 is 55.9 Å². The fourth-order valence-corrected chi connectivity index (χ4v) is 13.2. The number of aldehydes is 8. The summed E-state index contributed by atoms with van der Waals surface area (Å²) in [5.74, 6) is 0. The summed E-state index contributed by atoms with van der Waals surface area (Å²) in [6.45, 7) is 0. The number of benzene rings is 13. The summed E-state index contributed by atoms with van der Waals surface area (Å²) in [5.41, 5.74) is 9.94. The van der Waals surface area contributed by atoms with Gasteiger partial charge in [-0.15, -0.1) is 0 Å². The lowest BCUT2D eigenvalue weighted by Crippen LogP contribution is -1.88. The van der Waals surface area contributed by atoms with Crippen LogP contribution in [0.4, 0.5) is 0 Å². The topological polar surface area (TPSA) is 307 Å². The number of fused-ring (bicyclic) bond motifs is 10. The molecule has 20 aromatic rings. The highest BCUT2D eigenvalue weighted by Gasteiger charge is 2.05. The van der Waals surface area contributed by atoms with Crippen molar-refractivity contribution in [2.75, 3.05) is 0 Å². The molecule has 13 aromatic carbocycles. The van der Waals surface area contributed by atoms with Crippen molar-refractivity contribution in [1.82, 2.24) is 34.9 Å². The molecule has 0 bridgehead atoms. The fraction of sp³-hybridized carbons (Fsp3) is 0. The highest BCUT2D eigenvalue weighted by atomic mass is 32.2. The predicted molar refractivity (Wildman–Crippen MR) is 482 cm³/mol. The first-order valence-electron chi connectivity index (χ1n) is 37.5. The summed E-state index contributed by atoms with van der Waals surface area (Å²) in [4.78, 5) is 114. The van der Waals surface area contributed by atoms with Gasteiger partial charge in [-0.1, -0.05) is 218 Å². The highest BCUT2D eigenvalue weighted by Crippen LogP contribution is 2.23. The quantitative estimate of drug-likeness (QED) is 0.0907. The fourth-order valence-electron chi connectivity index (χ4n) is 12.4. The maximum atomic E-state index is 10.6. The number of rotatable bonds is 10. The number of carbonyl (C=O) groups excluding carboxylic acids is 8. The molecule has 0 N–H and O–H groups in total. The van der Waals surface area contributed by atoms with Gasteiger partial charge in [-0.3, -0.25) is 81.7 Å². The number of para-hydroxylation sites is 2. The van der Waals surface area contributed by atoms with Gasteiger partial charge < -0.3 is 9.11 Å². The average molecular weight is 1640 g/mol. The van der Waals surface area contributed by atoms with Crippen molar-refractivity contribution in [3.63, 3.8) is 0 Å². The van der Waals surface area contributed by atoms with Crippen molar-refractivity contribution in [3.8, 4) is 0 Å². The van der Waals surface area contributed by atoms with Gasteiger partial charge in [0.05, 0.1) is 27.6 Å². The largest absolute Gasteiger partial charge is 0.768 e. The smallest absolute Gasteiger partial charge is 0.152 e. The molecule has 7 heterocycles. The van der Waals surface area contributed by atoms with Gasteiger partial charge >= 0.3 is 0 Å². The number of nitrogens with zero attached hydrogens (tertiary/aromatic N) is 7. The van der Waals surface area contributed by atoms with Crippen LogP contribution in [-0.4, -0.2) is 103 Å². The molecular formula is C101H71N7O12S2-2. The summed E-state index contributed by atoms with van der Waals surface area (Å²) in [7, 11) is 0. The molecule has 0 spiro atoms. The van der Waals surface area contributed by atoms with Gasteiger partial charge in [0.1, 0.15) is 12.6 Å². The lowest BCUT2D eigenvalue weighted by Gasteiger charge is -2.05. The zero-order valence-electron chi connectivity index (χ0n) is 64.8. The molecule has 0 radical (unpaired) electrons. The van der Waals surface area contributed by atoms with E-state index >= 15 is 0 Å². The van der Waals surface area contributed by atoms with Crippen LogP contribution < -0.4 is 0 Å². The van der Waals surface area contributed by atoms with E-state index in [0.717, 1.165) is 170 Å². The molecule has 0 amide bonds. The minimum absolute atomic E-state index is 0.292. The van der Waals surface area contributed by atoms with E-state index in [4.69, 9.17) is 0 Å². The Morgan fingerprint density at radius 3 is 1.05 bits per heavy atom. The van der Waals surface area contributed by atoms with Gasteiger partial charge in [-0.2, -0.15) is 0 Å². The van der Waals surface area contributed by atoms with E-state index in [9.17, 15) is 55.9 Å². The zero-order valence-corrected chi connectivity index (χ0v) is 66.5. The Balaban J connectivity index is 0.000000132. The average Bonchev–Trinajstić information content (AvgIpc) is 0.848. The van der Waals surface area contributed by atoms with Gasteiger partial charge in [-0.25, -0.2) is 0 Å². The van der Waals surface area contributed by atoms with Gasteiger partial charge in [-0.05, 0) is 174 Å². The van der Waals surface area contributed by atoms with Crippen molar-refractivity contribution in [2.24, 2.45) is 0 Å². The Morgan fingerprint density at radius 1 is 0.205 bits per heavy atom. The molecule has 0 saturated carbocycles. The van der Waals surface area contributed by atoms with Gasteiger partial charge in [0.25, 0.3) is 0 Å². The molecule has 0 aliphatic heterocycles. The maximum Gasteiger partial charge on any atom is 0.152 e. The molecule has 0 saturated heterocycles. The zero-order chi connectivity index (χ0) is 85.6. The normalized spacial score (nSPS) is 10.6. The Bertz CT molecular complexity index is 6250. The van der Waals surface area contributed by atoms with E-state index in [0.29, 0.717) is 37.6 Å². The lowest BCUT2D eigenvalue weighted by molar-refractivity contribution is 0.111. The van der Waals surface area contributed by atoms with Crippen molar-refractivity contribution in [1.29, 1.82) is 0 Å². The van der Waals surface area contributed by atoms with Crippen LogP contribution in [0.1, 0.15) is 82.9 Å². The molecule has 21 heteroatoms. The maximum absolute atomic E-state index is 10.6. The summed E-state index contributed by atoms with van der Waals surface area (Å²) < 4.78 is 42.5.